The van der Waals surface area contributed by atoms with Crippen molar-refractivity contribution in [3.05, 3.63) is 58.8 Å². The van der Waals surface area contributed by atoms with Crippen LogP contribution in [0, 0.1) is 0 Å². The normalized spacial score (nSPS) is 8.69. The van der Waals surface area contributed by atoms with Gasteiger partial charge in [-0.25, -0.2) is 0 Å². The van der Waals surface area contributed by atoms with Crippen molar-refractivity contribution in [3.8, 4) is 0 Å². The van der Waals surface area contributed by atoms with Crippen molar-refractivity contribution in [1.82, 2.24) is 0 Å². The number of aliphatic hydroxyl groups is 1. The molecule has 13 heavy (non-hydrogen) atoms. The highest BCUT2D eigenvalue weighted by Crippen LogP contribution is 1.95. The first kappa shape index (κ1) is 9.96. The summed E-state index contributed by atoms with van der Waals surface area (Å²) in [6, 6.07) is 13.6. The van der Waals surface area contributed by atoms with Gasteiger partial charge in [0.15, 0.2) is 0 Å². The van der Waals surface area contributed by atoms with E-state index in [1.807, 2.05) is 53.2 Å². The molecule has 0 unspecified atom stereocenters. The minimum Gasteiger partial charge on any atom is -0.392 e. The quantitative estimate of drug-likeness (QED) is 0.736. The second-order valence-corrected chi connectivity index (χ2v) is 3.25. The molecule has 0 radical (unpaired) electrons. The van der Waals surface area contributed by atoms with E-state index in [0.29, 0.717) is 0 Å². The Morgan fingerprint density at radius 1 is 0.923 bits per heavy atom. The summed E-state index contributed by atoms with van der Waals surface area (Å²) in [5.74, 6) is 0. The first-order chi connectivity index (χ1) is 6.43. The fourth-order valence-electron chi connectivity index (χ4n) is 0.810. The largest absolute Gasteiger partial charge is 0.392 e. The third kappa shape index (κ3) is 4.45. The van der Waals surface area contributed by atoms with Crippen LogP contribution in [-0.4, -0.2) is 5.11 Å². The van der Waals surface area contributed by atoms with Gasteiger partial charge < -0.3 is 5.11 Å². The van der Waals surface area contributed by atoms with E-state index in [2.05, 4.69) is 0 Å². The van der Waals surface area contributed by atoms with Crippen LogP contribution in [0.1, 0.15) is 5.56 Å². The van der Waals surface area contributed by atoms with Gasteiger partial charge in [0.1, 0.15) is 0 Å². The lowest BCUT2D eigenvalue weighted by Crippen LogP contribution is -1.77. The fourth-order valence-corrected chi connectivity index (χ4v) is 1.26. The zero-order valence-electron chi connectivity index (χ0n) is 7.26. The Balaban J connectivity index is 0.000000145. The van der Waals surface area contributed by atoms with Gasteiger partial charge >= 0.3 is 0 Å². The molecule has 0 amide bonds. The highest BCUT2D eigenvalue weighted by molar-refractivity contribution is 7.07. The summed E-state index contributed by atoms with van der Waals surface area (Å²) in [5.41, 5.74) is 0.965. The SMILES string of the molecule is OCc1ccccc1.c1ccsc1. The molecule has 1 nitrogen and oxygen atoms in total. The van der Waals surface area contributed by atoms with E-state index in [1.165, 1.54) is 0 Å². The van der Waals surface area contributed by atoms with E-state index >= 15 is 0 Å². The van der Waals surface area contributed by atoms with Crippen molar-refractivity contribution in [3.63, 3.8) is 0 Å². The average molecular weight is 192 g/mol. The minimum absolute atomic E-state index is 0.140. The second kappa shape index (κ2) is 6.40. The van der Waals surface area contributed by atoms with Crippen LogP contribution in [-0.2, 0) is 6.61 Å². The molecular formula is C11H12OS. The number of aliphatic hydroxyl groups excluding tert-OH is 1. The Kier molecular flexibility index (Phi) is 4.91. The highest BCUT2D eigenvalue weighted by Gasteiger charge is 1.81. The van der Waals surface area contributed by atoms with Crippen LogP contribution in [0.3, 0.4) is 0 Å². The summed E-state index contributed by atoms with van der Waals surface area (Å²) in [6.45, 7) is 0.140. The Morgan fingerprint density at radius 2 is 1.54 bits per heavy atom. The summed E-state index contributed by atoms with van der Waals surface area (Å²) in [7, 11) is 0. The van der Waals surface area contributed by atoms with Crippen molar-refractivity contribution in [2.75, 3.05) is 0 Å². The molecule has 1 heterocycles. The van der Waals surface area contributed by atoms with Crippen molar-refractivity contribution in [2.45, 2.75) is 6.61 Å². The van der Waals surface area contributed by atoms with Crippen molar-refractivity contribution < 1.29 is 5.11 Å². The Bertz CT molecular complexity index is 272. The topological polar surface area (TPSA) is 20.2 Å². The Hall–Kier alpha value is -1.12. The second-order valence-electron chi connectivity index (χ2n) is 2.44. The van der Waals surface area contributed by atoms with Crippen LogP contribution < -0.4 is 0 Å². The molecular weight excluding hydrogens is 180 g/mol. The molecule has 1 aromatic carbocycles. The third-order valence-corrected chi connectivity index (χ3v) is 2.08. The van der Waals surface area contributed by atoms with E-state index in [9.17, 15) is 0 Å². The van der Waals surface area contributed by atoms with Gasteiger partial charge in [0.05, 0.1) is 6.61 Å². The predicted octanol–water partition coefficient (Wildman–Crippen LogP) is 2.93. The van der Waals surface area contributed by atoms with Gasteiger partial charge in [-0.2, -0.15) is 11.3 Å². The molecule has 68 valence electrons. The van der Waals surface area contributed by atoms with Gasteiger partial charge in [-0.3, -0.25) is 0 Å². The zero-order valence-corrected chi connectivity index (χ0v) is 8.08. The molecule has 2 heteroatoms. The lowest BCUT2D eigenvalue weighted by Gasteiger charge is -1.89. The molecule has 0 aliphatic rings. The van der Waals surface area contributed by atoms with Gasteiger partial charge in [0.2, 0.25) is 0 Å². The summed E-state index contributed by atoms with van der Waals surface area (Å²) < 4.78 is 0. The van der Waals surface area contributed by atoms with E-state index in [-0.39, 0.29) is 6.61 Å². The third-order valence-electron chi connectivity index (χ3n) is 1.45. The Labute approximate surface area is 82.3 Å². The molecule has 2 rings (SSSR count). The molecule has 0 fully saturated rings. The molecule has 1 aromatic heterocycles. The number of hydrogen-bond donors (Lipinski definition) is 1. The smallest absolute Gasteiger partial charge is 0.0681 e. The molecule has 0 saturated heterocycles. The van der Waals surface area contributed by atoms with Gasteiger partial charge in [-0.05, 0) is 16.3 Å². The lowest BCUT2D eigenvalue weighted by atomic mass is 10.2. The summed E-state index contributed by atoms with van der Waals surface area (Å²) >= 11 is 1.71. The van der Waals surface area contributed by atoms with Crippen molar-refractivity contribution in [1.29, 1.82) is 0 Å². The first-order valence-corrected chi connectivity index (χ1v) is 4.99. The van der Waals surface area contributed by atoms with Crippen molar-refractivity contribution >= 4 is 11.3 Å². The molecule has 0 bridgehead atoms. The van der Waals surface area contributed by atoms with Gasteiger partial charge in [0.25, 0.3) is 0 Å². The summed E-state index contributed by atoms with van der Waals surface area (Å²) in [5, 5.41) is 12.6. The monoisotopic (exact) mass is 192 g/mol. The standard InChI is InChI=1S/C7H8O.C4H4S/c8-6-7-4-2-1-3-5-7;1-2-4-5-3-1/h1-5,8H,6H2;1-4H. The van der Waals surface area contributed by atoms with Crippen LogP contribution in [0.25, 0.3) is 0 Å². The fraction of sp³-hybridized carbons (Fsp3) is 0.0909. The zero-order chi connectivity index (χ0) is 9.36. The number of hydrogen-bond acceptors (Lipinski definition) is 2. The molecule has 0 saturated carbocycles. The van der Waals surface area contributed by atoms with Crippen LogP contribution in [0.2, 0.25) is 0 Å². The van der Waals surface area contributed by atoms with Crippen LogP contribution in [0.4, 0.5) is 0 Å². The maximum atomic E-state index is 8.54. The number of benzene rings is 1. The maximum absolute atomic E-state index is 8.54. The number of thiophene rings is 1. The van der Waals surface area contributed by atoms with E-state index < -0.39 is 0 Å². The van der Waals surface area contributed by atoms with E-state index in [0.717, 1.165) is 5.56 Å². The lowest BCUT2D eigenvalue weighted by molar-refractivity contribution is 0.282. The molecule has 0 aliphatic carbocycles. The number of rotatable bonds is 1. The Morgan fingerprint density at radius 3 is 1.85 bits per heavy atom. The maximum Gasteiger partial charge on any atom is 0.0681 e. The highest BCUT2D eigenvalue weighted by atomic mass is 32.1. The van der Waals surface area contributed by atoms with Gasteiger partial charge in [-0.1, -0.05) is 42.5 Å². The molecule has 2 aromatic rings. The van der Waals surface area contributed by atoms with Gasteiger partial charge in [0, 0.05) is 0 Å². The molecule has 0 aliphatic heterocycles. The molecule has 0 spiro atoms. The predicted molar refractivity (Wildman–Crippen MR) is 56.7 cm³/mol. The first-order valence-electron chi connectivity index (χ1n) is 4.05. The molecule has 1 N–H and O–H groups in total. The molecule has 0 atom stereocenters. The van der Waals surface area contributed by atoms with Crippen LogP contribution >= 0.6 is 11.3 Å². The van der Waals surface area contributed by atoms with Crippen LogP contribution in [0.5, 0.6) is 0 Å². The average Bonchev–Trinajstić information content (AvgIpc) is 2.77. The minimum atomic E-state index is 0.140. The van der Waals surface area contributed by atoms with Crippen molar-refractivity contribution in [2.24, 2.45) is 0 Å². The van der Waals surface area contributed by atoms with E-state index in [1.54, 1.807) is 11.3 Å². The van der Waals surface area contributed by atoms with E-state index in [4.69, 9.17) is 5.11 Å². The summed E-state index contributed by atoms with van der Waals surface area (Å²) in [4.78, 5) is 0. The van der Waals surface area contributed by atoms with Crippen LogP contribution in [0.15, 0.2) is 53.2 Å². The van der Waals surface area contributed by atoms with Gasteiger partial charge in [-0.15, -0.1) is 0 Å². The summed E-state index contributed by atoms with van der Waals surface area (Å²) in [6.07, 6.45) is 0.